The Morgan fingerprint density at radius 1 is 1.50 bits per heavy atom. The molecule has 0 radical (unpaired) electrons. The second kappa shape index (κ2) is 5.20. The minimum absolute atomic E-state index is 0.192. The summed E-state index contributed by atoms with van der Waals surface area (Å²) in [6.07, 6.45) is 10.7. The molecule has 0 saturated carbocycles. The molecule has 0 aromatic heterocycles. The van der Waals surface area contributed by atoms with Gasteiger partial charge < -0.3 is 10.1 Å². The van der Waals surface area contributed by atoms with Crippen LogP contribution < -0.4 is 5.32 Å². The number of ether oxygens (including phenoxy) is 1. The fraction of sp³-hybridized carbons (Fsp3) is 0.667. The van der Waals surface area contributed by atoms with E-state index in [2.05, 4.69) is 44.3 Å². The van der Waals surface area contributed by atoms with Gasteiger partial charge in [-0.05, 0) is 45.8 Å². The second-order valence-electron chi connectivity index (χ2n) is 4.68. The van der Waals surface area contributed by atoms with Gasteiger partial charge in [0.15, 0.2) is 0 Å². The third kappa shape index (κ3) is 5.07. The lowest BCUT2D eigenvalue weighted by molar-refractivity contribution is 0.165. The van der Waals surface area contributed by atoms with E-state index in [0.717, 1.165) is 19.4 Å². The standard InChI is InChI=1S/C12H21NO/c1-12(2,3)13-9-6-8-11-7-4-5-10-14-11/h5-6,8,10-11,13H,4,7,9H2,1-3H3. The van der Waals surface area contributed by atoms with Crippen molar-refractivity contribution in [2.75, 3.05) is 6.54 Å². The summed E-state index contributed by atoms with van der Waals surface area (Å²) in [6.45, 7) is 7.41. The SMILES string of the molecule is CC(C)(C)NCC=CC1CCC=CO1. The lowest BCUT2D eigenvalue weighted by Gasteiger charge is -2.19. The normalized spacial score (nSPS) is 22.6. The van der Waals surface area contributed by atoms with Crippen LogP contribution in [0.3, 0.4) is 0 Å². The van der Waals surface area contributed by atoms with Gasteiger partial charge in [0.2, 0.25) is 0 Å². The van der Waals surface area contributed by atoms with Crippen molar-refractivity contribution in [2.45, 2.75) is 45.3 Å². The van der Waals surface area contributed by atoms with E-state index in [9.17, 15) is 0 Å². The molecule has 0 spiro atoms. The van der Waals surface area contributed by atoms with E-state index in [1.807, 2.05) is 0 Å². The van der Waals surface area contributed by atoms with Crippen LogP contribution in [0, 0.1) is 0 Å². The van der Waals surface area contributed by atoms with Crippen molar-refractivity contribution in [3.8, 4) is 0 Å². The van der Waals surface area contributed by atoms with Crippen molar-refractivity contribution in [3.05, 3.63) is 24.5 Å². The molecule has 0 aromatic rings. The molecule has 2 heteroatoms. The highest BCUT2D eigenvalue weighted by Crippen LogP contribution is 2.10. The lowest BCUT2D eigenvalue weighted by Crippen LogP contribution is -2.35. The molecule has 14 heavy (non-hydrogen) atoms. The van der Waals surface area contributed by atoms with Gasteiger partial charge in [0.1, 0.15) is 6.10 Å². The van der Waals surface area contributed by atoms with Crippen LogP contribution in [0.2, 0.25) is 0 Å². The van der Waals surface area contributed by atoms with Gasteiger partial charge in [0.05, 0.1) is 6.26 Å². The van der Waals surface area contributed by atoms with Gasteiger partial charge in [-0.3, -0.25) is 0 Å². The van der Waals surface area contributed by atoms with Crippen molar-refractivity contribution in [1.82, 2.24) is 5.32 Å². The minimum Gasteiger partial charge on any atom is -0.494 e. The Morgan fingerprint density at radius 2 is 2.29 bits per heavy atom. The average molecular weight is 195 g/mol. The summed E-state index contributed by atoms with van der Waals surface area (Å²) in [6, 6.07) is 0. The first-order chi connectivity index (χ1) is 6.58. The molecule has 2 nitrogen and oxygen atoms in total. The van der Waals surface area contributed by atoms with Crippen molar-refractivity contribution >= 4 is 0 Å². The smallest absolute Gasteiger partial charge is 0.116 e. The predicted octanol–water partition coefficient (Wildman–Crippen LogP) is 2.62. The van der Waals surface area contributed by atoms with Gasteiger partial charge in [0.25, 0.3) is 0 Å². The monoisotopic (exact) mass is 195 g/mol. The number of hydrogen-bond donors (Lipinski definition) is 1. The van der Waals surface area contributed by atoms with E-state index < -0.39 is 0 Å². The van der Waals surface area contributed by atoms with Crippen LogP contribution in [0.5, 0.6) is 0 Å². The average Bonchev–Trinajstić information content (AvgIpc) is 2.13. The maximum atomic E-state index is 5.41. The Balaban J connectivity index is 2.17. The van der Waals surface area contributed by atoms with Crippen LogP contribution in [0.15, 0.2) is 24.5 Å². The molecule has 1 atom stereocenters. The van der Waals surface area contributed by atoms with E-state index in [0.29, 0.717) is 0 Å². The Kier molecular flexibility index (Phi) is 4.21. The summed E-state index contributed by atoms with van der Waals surface area (Å²) < 4.78 is 5.41. The number of allylic oxidation sites excluding steroid dienone is 1. The fourth-order valence-electron chi connectivity index (χ4n) is 1.28. The number of rotatable bonds is 3. The zero-order valence-electron chi connectivity index (χ0n) is 9.42. The Hall–Kier alpha value is -0.760. The first-order valence-corrected chi connectivity index (χ1v) is 5.30. The topological polar surface area (TPSA) is 21.3 Å². The van der Waals surface area contributed by atoms with Gasteiger partial charge in [-0.25, -0.2) is 0 Å². The number of hydrogen-bond acceptors (Lipinski definition) is 2. The number of nitrogens with one attached hydrogen (secondary N) is 1. The van der Waals surface area contributed by atoms with Gasteiger partial charge in [-0.15, -0.1) is 0 Å². The molecule has 1 N–H and O–H groups in total. The van der Waals surface area contributed by atoms with Gasteiger partial charge in [0, 0.05) is 12.1 Å². The highest BCUT2D eigenvalue weighted by atomic mass is 16.5. The van der Waals surface area contributed by atoms with Gasteiger partial charge in [-0.1, -0.05) is 6.08 Å². The van der Waals surface area contributed by atoms with E-state index in [-0.39, 0.29) is 11.6 Å². The van der Waals surface area contributed by atoms with Crippen LogP contribution in [0.4, 0.5) is 0 Å². The highest BCUT2D eigenvalue weighted by molar-refractivity contribution is 4.96. The molecular weight excluding hydrogens is 174 g/mol. The summed E-state index contributed by atoms with van der Waals surface area (Å²) in [5.74, 6) is 0. The molecule has 0 amide bonds. The summed E-state index contributed by atoms with van der Waals surface area (Å²) in [4.78, 5) is 0. The first kappa shape index (κ1) is 11.3. The largest absolute Gasteiger partial charge is 0.494 e. The maximum Gasteiger partial charge on any atom is 0.116 e. The fourth-order valence-corrected chi connectivity index (χ4v) is 1.28. The molecule has 0 saturated heterocycles. The van der Waals surface area contributed by atoms with Crippen LogP contribution in [0.25, 0.3) is 0 Å². The quantitative estimate of drug-likeness (QED) is 0.699. The molecular formula is C12H21NO. The van der Waals surface area contributed by atoms with E-state index in [1.54, 1.807) is 6.26 Å². The predicted molar refractivity (Wildman–Crippen MR) is 60.1 cm³/mol. The molecule has 0 fully saturated rings. The maximum absolute atomic E-state index is 5.41. The van der Waals surface area contributed by atoms with E-state index in [4.69, 9.17) is 4.74 Å². The van der Waals surface area contributed by atoms with Crippen molar-refractivity contribution < 1.29 is 4.74 Å². The molecule has 0 aliphatic carbocycles. The Morgan fingerprint density at radius 3 is 2.86 bits per heavy atom. The van der Waals surface area contributed by atoms with Gasteiger partial charge >= 0.3 is 0 Å². The molecule has 1 rings (SSSR count). The van der Waals surface area contributed by atoms with Crippen molar-refractivity contribution in [3.63, 3.8) is 0 Å². The molecule has 1 aliphatic heterocycles. The summed E-state index contributed by atoms with van der Waals surface area (Å²) in [5.41, 5.74) is 0.192. The molecule has 1 unspecified atom stereocenters. The van der Waals surface area contributed by atoms with E-state index >= 15 is 0 Å². The minimum atomic E-state index is 0.192. The van der Waals surface area contributed by atoms with Gasteiger partial charge in [-0.2, -0.15) is 0 Å². The van der Waals surface area contributed by atoms with Crippen molar-refractivity contribution in [1.29, 1.82) is 0 Å². The van der Waals surface area contributed by atoms with Crippen LogP contribution >= 0.6 is 0 Å². The first-order valence-electron chi connectivity index (χ1n) is 5.30. The van der Waals surface area contributed by atoms with E-state index in [1.165, 1.54) is 0 Å². The molecule has 0 bridgehead atoms. The molecule has 0 aromatic carbocycles. The highest BCUT2D eigenvalue weighted by Gasteiger charge is 2.07. The van der Waals surface area contributed by atoms with Crippen LogP contribution in [-0.4, -0.2) is 18.2 Å². The Bertz CT molecular complexity index is 213. The lowest BCUT2D eigenvalue weighted by atomic mass is 10.1. The summed E-state index contributed by atoms with van der Waals surface area (Å²) in [5, 5.41) is 3.40. The third-order valence-corrected chi connectivity index (χ3v) is 2.07. The van der Waals surface area contributed by atoms with Crippen molar-refractivity contribution in [2.24, 2.45) is 0 Å². The van der Waals surface area contributed by atoms with Crippen LogP contribution in [0.1, 0.15) is 33.6 Å². The summed E-state index contributed by atoms with van der Waals surface area (Å²) in [7, 11) is 0. The van der Waals surface area contributed by atoms with Crippen LogP contribution in [-0.2, 0) is 4.74 Å². The summed E-state index contributed by atoms with van der Waals surface area (Å²) >= 11 is 0. The molecule has 80 valence electrons. The third-order valence-electron chi connectivity index (χ3n) is 2.07. The zero-order chi connectivity index (χ0) is 10.4. The Labute approximate surface area is 87.0 Å². The molecule has 1 aliphatic rings. The molecule has 1 heterocycles. The zero-order valence-corrected chi connectivity index (χ0v) is 9.42. The second-order valence-corrected chi connectivity index (χ2v) is 4.68.